The second-order valence-corrected chi connectivity index (χ2v) is 32.4. The number of nitrogen functional groups attached to an aromatic ring is 1. The van der Waals surface area contributed by atoms with Gasteiger partial charge in [0.2, 0.25) is 11.8 Å². The Morgan fingerprint density at radius 1 is 0.410 bits per heavy atom. The molecule has 28 nitrogen and oxygen atoms in total. The molecule has 5 amide bonds. The van der Waals surface area contributed by atoms with Crippen molar-refractivity contribution in [3.05, 3.63) is 307 Å². The minimum Gasteiger partial charge on any atom is -0.453 e. The Labute approximate surface area is 698 Å². The van der Waals surface area contributed by atoms with Gasteiger partial charge in [-0.15, -0.1) is 68.0 Å². The lowest BCUT2D eigenvalue weighted by molar-refractivity contribution is -0.385. The van der Waals surface area contributed by atoms with Crippen LogP contribution in [0.5, 0.6) is 0 Å². The molecule has 0 bridgehead atoms. The third-order valence-electron chi connectivity index (χ3n) is 17.3. The van der Waals surface area contributed by atoms with E-state index in [1.54, 1.807) is 109 Å². The number of nitro groups is 3. The predicted molar refractivity (Wildman–Crippen MR) is 457 cm³/mol. The third kappa shape index (κ3) is 28.3. The van der Waals surface area contributed by atoms with E-state index in [-0.39, 0.29) is 54.1 Å². The molecule has 34 heteroatoms. The average Bonchev–Trinajstić information content (AvgIpc) is 1.73. The topological polar surface area (TPSA) is 410 Å². The number of alkyl carbamates (subject to hydrolysis) is 3. The number of nitrogens with two attached hydrogens (primary N) is 2. The number of thiazole rings is 3. The number of hydrogen-bond donors (Lipinski definition) is 7. The van der Waals surface area contributed by atoms with Gasteiger partial charge in [-0.05, 0) is 126 Å². The Balaban J connectivity index is 0.000000183. The normalized spacial score (nSPS) is 12.4. The van der Waals surface area contributed by atoms with Crippen LogP contribution >= 0.6 is 68.0 Å². The van der Waals surface area contributed by atoms with E-state index in [9.17, 15) is 59.1 Å². The molecule has 0 aliphatic carbocycles. The SMILES string of the molecule is CCC(=O)[C@H](Cc1ccc([N+](=O)[O-])cc1)NC(=O)OC(C)(C)C.COC(=O)N[C@@H](Cc1ccccc1)C(=O)N[C@@H](Cc1ccc(N)cc1)c1csc(-c2cccs2)n1.COC(=O)N[C@@H](Cc1ccccc1)C(=O)N[C@@H](Cc1ccc([N+](=O)[O-])cc1)c1csc(-c2cccs2)n1.N[C@@H](Cc1ccc([N+](=O)[O-])cc1)c1csc(-c2cccs2)n1. The van der Waals surface area contributed by atoms with Crippen LogP contribution in [0.1, 0.15) is 103 Å². The fourth-order valence-corrected chi connectivity index (χ4v) is 16.4. The van der Waals surface area contributed by atoms with Gasteiger partial charge in [-0.3, -0.25) is 44.7 Å². The van der Waals surface area contributed by atoms with Crippen molar-refractivity contribution in [2.75, 3.05) is 20.0 Å². The summed E-state index contributed by atoms with van der Waals surface area (Å²) >= 11 is 9.44. The van der Waals surface area contributed by atoms with Crippen LogP contribution in [0.2, 0.25) is 0 Å². The van der Waals surface area contributed by atoms with Gasteiger partial charge in [-0.1, -0.05) is 134 Å². The van der Waals surface area contributed by atoms with Crippen molar-refractivity contribution in [3.63, 3.8) is 0 Å². The van der Waals surface area contributed by atoms with Gasteiger partial charge in [0, 0.05) is 77.5 Å². The summed E-state index contributed by atoms with van der Waals surface area (Å²) in [6, 6.07) is 53.4. The van der Waals surface area contributed by atoms with Crippen molar-refractivity contribution in [1.82, 2.24) is 41.5 Å². The lowest BCUT2D eigenvalue weighted by atomic mass is 10.0. The molecule has 0 unspecified atom stereocenters. The van der Waals surface area contributed by atoms with E-state index in [1.165, 1.54) is 73.3 Å². The van der Waals surface area contributed by atoms with E-state index in [0.29, 0.717) is 37.1 Å². The number of aromatic nitrogens is 3. The molecule has 6 heterocycles. The Bertz CT molecular complexity index is 5190. The minimum atomic E-state index is -0.885. The molecule has 0 radical (unpaired) electrons. The fraction of sp³-hybridized carbons (Fsp3) is 0.241. The highest BCUT2D eigenvalue weighted by Crippen LogP contribution is 2.35. The van der Waals surface area contributed by atoms with Crippen molar-refractivity contribution < 1.29 is 57.7 Å². The molecular weight excluding hydrogens is 1610 g/mol. The number of Topliss-reactive ketones (excluding diaryl/α,β-unsaturated/α-hetero) is 1. The van der Waals surface area contributed by atoms with Crippen molar-refractivity contribution in [3.8, 4) is 29.7 Å². The van der Waals surface area contributed by atoms with Gasteiger partial charge in [0.1, 0.15) is 32.7 Å². The summed E-state index contributed by atoms with van der Waals surface area (Å²) in [6.45, 7) is 6.92. The molecule has 0 aliphatic heterocycles. The minimum absolute atomic E-state index is 0.0109. The van der Waals surface area contributed by atoms with Crippen LogP contribution < -0.4 is 38.1 Å². The van der Waals surface area contributed by atoms with Crippen LogP contribution in [0.4, 0.5) is 37.1 Å². The summed E-state index contributed by atoms with van der Waals surface area (Å²) in [6.07, 6.45) is 0.567. The first-order valence-corrected chi connectivity index (χ1v) is 41.7. The van der Waals surface area contributed by atoms with Crippen molar-refractivity contribution in [2.24, 2.45) is 5.73 Å². The Morgan fingerprint density at radius 3 is 1.08 bits per heavy atom. The van der Waals surface area contributed by atoms with Crippen LogP contribution in [-0.4, -0.2) is 104 Å². The zero-order valence-electron chi connectivity index (χ0n) is 64.3. The molecule has 0 fully saturated rings. The number of nitro benzene ring substituents is 3. The highest BCUT2D eigenvalue weighted by molar-refractivity contribution is 7.21. The average molecular weight is 1700 g/mol. The summed E-state index contributed by atoms with van der Waals surface area (Å²) < 4.78 is 14.7. The second kappa shape index (κ2) is 44.0. The first-order chi connectivity index (χ1) is 56.2. The summed E-state index contributed by atoms with van der Waals surface area (Å²) in [4.78, 5) is 123. The van der Waals surface area contributed by atoms with E-state index in [0.717, 1.165) is 74.4 Å². The van der Waals surface area contributed by atoms with Gasteiger partial charge in [0.05, 0.1) is 84.9 Å². The third-order valence-corrected chi connectivity index (χ3v) is 23.0. The van der Waals surface area contributed by atoms with Crippen molar-refractivity contribution in [2.45, 2.75) is 114 Å². The van der Waals surface area contributed by atoms with E-state index >= 15 is 0 Å². The van der Waals surface area contributed by atoms with E-state index in [4.69, 9.17) is 35.6 Å². The zero-order chi connectivity index (χ0) is 84.0. The quantitative estimate of drug-likeness (QED) is 0.00951. The van der Waals surface area contributed by atoms with Gasteiger partial charge in [0.15, 0.2) is 5.78 Å². The standard InChI is InChI=1S/C26H24N4O5S2.C26H26N4O3S2.C16H22N2O5.C15H13N3O2S2/c1-35-26(32)29-21(15-17-6-3-2-4-7-17)24(31)27-20(14-18-9-11-19(12-10-18)30(33)34)22-16-37-25(28-22)23-8-5-13-36-23;1-33-26(32)30-21(15-17-6-3-2-4-7-17)24(31)28-20(14-18-9-11-19(27)12-10-18)22-16-35-25(29-22)23-8-5-13-34-23;1-5-14(19)13(17-15(20)23-16(2,3)4)10-11-6-8-12(9-7-11)18(21)22;16-12(8-10-3-5-11(6-4-10)18(19)20)13-9-22-15(17-13)14-2-1-7-21-14/h2-13,16,20-21H,14-15H2,1H3,(H,27,31)(H,29,32);2-13,16,20-21H,14-15,27H2,1H3,(H,28,31)(H,30,32);6-9,13H,5,10H2,1-4H3,(H,17,20);1-7,9,12H,8,16H2/t2*20-,21-;13-;12-/m0000/s1. The number of non-ortho nitro benzene ring substituents is 3. The van der Waals surface area contributed by atoms with Crippen LogP contribution in [0, 0.1) is 30.3 Å². The molecule has 6 aromatic heterocycles. The number of amides is 5. The molecule has 0 spiro atoms. The molecule has 6 aromatic carbocycles. The lowest BCUT2D eigenvalue weighted by Crippen LogP contribution is -2.49. The van der Waals surface area contributed by atoms with Gasteiger partial charge in [0.25, 0.3) is 17.1 Å². The highest BCUT2D eigenvalue weighted by atomic mass is 32.1. The maximum absolute atomic E-state index is 13.5. The second-order valence-electron chi connectivity index (χ2n) is 27.0. The van der Waals surface area contributed by atoms with Crippen LogP contribution in [0.15, 0.2) is 226 Å². The van der Waals surface area contributed by atoms with E-state index in [2.05, 4.69) is 31.6 Å². The van der Waals surface area contributed by atoms with Crippen molar-refractivity contribution >= 4 is 127 Å². The number of benzene rings is 6. The fourth-order valence-electron chi connectivity index (χ4n) is 11.3. The number of hydrogen-bond acceptors (Lipinski definition) is 26. The molecular formula is C83H85N13O15S6. The molecule has 608 valence electrons. The first kappa shape index (κ1) is 88.6. The maximum atomic E-state index is 13.5. The zero-order valence-corrected chi connectivity index (χ0v) is 69.2. The van der Waals surface area contributed by atoms with Gasteiger partial charge in [-0.25, -0.2) is 29.3 Å². The maximum Gasteiger partial charge on any atom is 0.408 e. The number of nitrogens with zero attached hydrogens (tertiary/aromatic N) is 6. The summed E-state index contributed by atoms with van der Waals surface area (Å²) in [5.41, 5.74) is 19.7. The monoisotopic (exact) mass is 1700 g/mol. The highest BCUT2D eigenvalue weighted by Gasteiger charge is 2.30. The number of carbonyl (C=O) groups is 6. The number of methoxy groups -OCH3 is 2. The number of ketones is 1. The van der Waals surface area contributed by atoms with Crippen molar-refractivity contribution in [1.29, 1.82) is 0 Å². The van der Waals surface area contributed by atoms with Crippen LogP contribution in [0.3, 0.4) is 0 Å². The lowest BCUT2D eigenvalue weighted by Gasteiger charge is -2.23. The molecule has 12 aromatic rings. The smallest absolute Gasteiger partial charge is 0.408 e. The Hall–Kier alpha value is -12.3. The molecule has 117 heavy (non-hydrogen) atoms. The number of rotatable bonds is 30. The molecule has 9 N–H and O–H groups in total. The summed E-state index contributed by atoms with van der Waals surface area (Å²) in [7, 11) is 2.52. The van der Waals surface area contributed by atoms with E-state index < -0.39 is 74.8 Å². The summed E-state index contributed by atoms with van der Waals surface area (Å²) in [5.74, 6) is -0.841. The molecule has 0 saturated carbocycles. The summed E-state index contributed by atoms with van der Waals surface area (Å²) in [5, 5.41) is 60.9. The largest absolute Gasteiger partial charge is 0.453 e. The van der Waals surface area contributed by atoms with E-state index in [1.807, 2.05) is 154 Å². The molecule has 12 rings (SSSR count). The molecule has 0 saturated heterocycles. The van der Waals surface area contributed by atoms with Crippen LogP contribution in [-0.2, 0) is 67.1 Å². The number of thiophene rings is 3. The molecule has 0 aliphatic rings. The van der Waals surface area contributed by atoms with Gasteiger partial charge < -0.3 is 52.3 Å². The number of nitrogens with one attached hydrogen (secondary N) is 5. The van der Waals surface area contributed by atoms with Gasteiger partial charge in [-0.2, -0.15) is 0 Å². The Morgan fingerprint density at radius 2 is 0.735 bits per heavy atom. The number of anilines is 1. The van der Waals surface area contributed by atoms with Gasteiger partial charge >= 0.3 is 18.3 Å². The van der Waals surface area contributed by atoms with Crippen LogP contribution in [0.25, 0.3) is 29.7 Å². The number of carbonyl (C=O) groups excluding carboxylic acids is 6. The Kier molecular flexibility index (Phi) is 33.3. The molecule has 6 atom stereocenters. The predicted octanol–water partition coefficient (Wildman–Crippen LogP) is 17.0. The number of ether oxygens (including phenoxy) is 3. The first-order valence-electron chi connectivity index (χ1n) is 36.4.